The number of hydrogen-bond acceptors (Lipinski definition) is 1. The van der Waals surface area contributed by atoms with E-state index in [4.69, 9.17) is 0 Å². The van der Waals surface area contributed by atoms with E-state index in [-0.39, 0.29) is 0 Å². The molecule has 1 rings (SSSR count). The fraction of sp³-hybridized carbons (Fsp3) is 0.143. The van der Waals surface area contributed by atoms with Crippen LogP contribution in [0.2, 0.25) is 0 Å². The van der Waals surface area contributed by atoms with Crippen LogP contribution >= 0.6 is 27.7 Å². The summed E-state index contributed by atoms with van der Waals surface area (Å²) >= 11 is 2.73. The van der Waals surface area contributed by atoms with E-state index in [0.717, 1.165) is 0 Å². The molecule has 0 amide bonds. The number of rotatable bonds is 2. The topological polar surface area (TPSA) is 0 Å². The molecule has 0 fully saturated rings. The van der Waals surface area contributed by atoms with Crippen LogP contribution in [0, 0.1) is 0 Å². The molecule has 11 heavy (non-hydrogen) atoms. The molecule has 0 heterocycles. The second kappa shape index (κ2) is 3.54. The van der Waals surface area contributed by atoms with Gasteiger partial charge in [-0.05, 0) is 23.9 Å². The lowest BCUT2D eigenvalue weighted by atomic mass is 10.4. The summed E-state index contributed by atoms with van der Waals surface area (Å²) in [5.41, 5.74) is 0. The summed E-state index contributed by atoms with van der Waals surface area (Å²) < 4.78 is 21.7. The molecule has 1 aromatic rings. The van der Waals surface area contributed by atoms with Crippen LogP contribution in [-0.4, -0.2) is 4.16 Å². The van der Waals surface area contributed by atoms with E-state index in [0.29, 0.717) is 16.7 Å². The summed E-state index contributed by atoms with van der Waals surface area (Å²) in [6, 6.07) is 8.51. The maximum atomic E-state index is 12.3. The third-order valence-corrected chi connectivity index (χ3v) is 2.20. The van der Waals surface area contributed by atoms with Gasteiger partial charge in [0, 0.05) is 20.8 Å². The molecule has 1 aromatic carbocycles. The monoisotopic (exact) mass is 238 g/mol. The molecule has 0 N–H and O–H groups in total. The van der Waals surface area contributed by atoms with E-state index in [1.165, 1.54) is 0 Å². The van der Waals surface area contributed by atoms with Gasteiger partial charge in [-0.2, -0.15) is 8.78 Å². The fourth-order valence-electron chi connectivity index (χ4n) is 0.622. The smallest absolute Gasteiger partial charge is 0.182 e. The number of halogens is 3. The summed E-state index contributed by atoms with van der Waals surface area (Å²) in [7, 11) is 0. The highest BCUT2D eigenvalue weighted by Gasteiger charge is 2.24. The summed E-state index contributed by atoms with van der Waals surface area (Å²) in [5.74, 6) is 0. The van der Waals surface area contributed by atoms with Gasteiger partial charge in [0.1, 0.15) is 0 Å². The minimum Gasteiger partial charge on any atom is -0.182 e. The van der Waals surface area contributed by atoms with Gasteiger partial charge in [0.2, 0.25) is 0 Å². The van der Waals surface area contributed by atoms with Gasteiger partial charge >= 0.3 is 4.16 Å². The molecular weight excluding hydrogens is 234 g/mol. The third kappa shape index (κ3) is 3.72. The minimum absolute atomic E-state index is 0.484. The second-order valence-electron chi connectivity index (χ2n) is 1.86. The molecule has 0 radical (unpaired) electrons. The first-order chi connectivity index (χ1) is 5.08. The molecule has 0 saturated carbocycles. The molecule has 60 valence electrons. The number of thioether (sulfide) groups is 1. The first-order valence-corrected chi connectivity index (χ1v) is 4.50. The van der Waals surface area contributed by atoms with Crippen LogP contribution in [0.4, 0.5) is 8.78 Å². The normalized spacial score (nSPS) is 11.5. The van der Waals surface area contributed by atoms with Crippen LogP contribution in [-0.2, 0) is 0 Å². The highest BCUT2D eigenvalue weighted by molar-refractivity contribution is 9.11. The van der Waals surface area contributed by atoms with Crippen LogP contribution in [0.25, 0.3) is 0 Å². The Morgan fingerprint density at radius 2 is 1.73 bits per heavy atom. The number of benzene rings is 1. The zero-order valence-electron chi connectivity index (χ0n) is 5.43. The largest absolute Gasteiger partial charge is 0.353 e. The fourth-order valence-corrected chi connectivity index (χ4v) is 1.74. The second-order valence-corrected chi connectivity index (χ2v) is 4.57. The highest BCUT2D eigenvalue weighted by atomic mass is 79.9. The summed E-state index contributed by atoms with van der Waals surface area (Å²) in [6.07, 6.45) is 0. The molecule has 0 bridgehead atoms. The van der Waals surface area contributed by atoms with Crippen molar-refractivity contribution in [3.63, 3.8) is 0 Å². The molecule has 0 aromatic heterocycles. The van der Waals surface area contributed by atoms with Crippen molar-refractivity contribution in [3.05, 3.63) is 30.3 Å². The molecule has 0 aliphatic rings. The van der Waals surface area contributed by atoms with Crippen molar-refractivity contribution in [2.24, 2.45) is 0 Å². The van der Waals surface area contributed by atoms with Crippen LogP contribution < -0.4 is 0 Å². The van der Waals surface area contributed by atoms with Crippen LogP contribution in [0.3, 0.4) is 0 Å². The molecule has 0 atom stereocenters. The van der Waals surface area contributed by atoms with Gasteiger partial charge in [-0.1, -0.05) is 18.2 Å². The molecule has 0 aliphatic carbocycles. The predicted octanol–water partition coefficient (Wildman–Crippen LogP) is 3.72. The molecule has 0 nitrogen and oxygen atoms in total. The molecule has 0 unspecified atom stereocenters. The van der Waals surface area contributed by atoms with E-state index >= 15 is 0 Å². The van der Waals surface area contributed by atoms with Crippen molar-refractivity contribution < 1.29 is 8.78 Å². The Kier molecular flexibility index (Phi) is 2.90. The maximum Gasteiger partial charge on any atom is 0.353 e. The lowest BCUT2D eigenvalue weighted by molar-refractivity contribution is 0.221. The molecule has 0 aliphatic heterocycles. The van der Waals surface area contributed by atoms with E-state index in [1.807, 2.05) is 0 Å². The Balaban J connectivity index is 2.66. The van der Waals surface area contributed by atoms with Crippen LogP contribution in [0.1, 0.15) is 0 Å². The van der Waals surface area contributed by atoms with Crippen molar-refractivity contribution >= 4 is 27.7 Å². The van der Waals surface area contributed by atoms with Gasteiger partial charge in [-0.15, -0.1) is 0 Å². The van der Waals surface area contributed by atoms with Crippen molar-refractivity contribution in [1.82, 2.24) is 0 Å². The van der Waals surface area contributed by atoms with Gasteiger partial charge in [-0.25, -0.2) is 0 Å². The number of alkyl halides is 3. The van der Waals surface area contributed by atoms with Crippen LogP contribution in [0.15, 0.2) is 35.2 Å². The van der Waals surface area contributed by atoms with Crippen molar-refractivity contribution in [1.29, 1.82) is 0 Å². The Morgan fingerprint density at radius 3 is 2.18 bits per heavy atom. The zero-order chi connectivity index (χ0) is 8.32. The lowest BCUT2D eigenvalue weighted by Gasteiger charge is -2.05. The average Bonchev–Trinajstić information content (AvgIpc) is 1.85. The standard InChI is InChI=1S/C7H5BrF2S/c8-7(9,10)11-6-4-2-1-3-5-6/h1-5H. The lowest BCUT2D eigenvalue weighted by Crippen LogP contribution is -1.95. The highest BCUT2D eigenvalue weighted by Crippen LogP contribution is 2.40. The minimum atomic E-state index is -2.87. The van der Waals surface area contributed by atoms with E-state index < -0.39 is 4.16 Å². The van der Waals surface area contributed by atoms with Crippen LogP contribution in [0.5, 0.6) is 0 Å². The van der Waals surface area contributed by atoms with E-state index in [1.54, 1.807) is 30.3 Å². The third-order valence-electron chi connectivity index (χ3n) is 0.977. The Hall–Kier alpha value is -0.0900. The Labute approximate surface area is 76.1 Å². The molecule has 0 spiro atoms. The Morgan fingerprint density at radius 1 is 1.18 bits per heavy atom. The van der Waals surface area contributed by atoms with Crippen molar-refractivity contribution in [2.45, 2.75) is 9.06 Å². The van der Waals surface area contributed by atoms with E-state index in [2.05, 4.69) is 15.9 Å². The average molecular weight is 239 g/mol. The molecule has 4 heteroatoms. The molecule has 0 saturated heterocycles. The summed E-state index contributed by atoms with van der Waals surface area (Å²) in [4.78, 5) is 0.550. The molecular formula is C7H5BrF2S. The van der Waals surface area contributed by atoms with E-state index in [9.17, 15) is 8.78 Å². The maximum absolute atomic E-state index is 12.3. The van der Waals surface area contributed by atoms with Gasteiger partial charge in [0.15, 0.2) is 0 Å². The SMILES string of the molecule is FC(F)(Br)Sc1ccccc1. The predicted molar refractivity (Wildman–Crippen MR) is 46.2 cm³/mol. The Bertz CT molecular complexity index is 220. The number of hydrogen-bond donors (Lipinski definition) is 0. The van der Waals surface area contributed by atoms with Gasteiger partial charge in [0.05, 0.1) is 0 Å². The zero-order valence-corrected chi connectivity index (χ0v) is 7.83. The first-order valence-electron chi connectivity index (χ1n) is 2.89. The quantitative estimate of drug-likeness (QED) is 0.559. The first kappa shape index (κ1) is 9.00. The summed E-state index contributed by atoms with van der Waals surface area (Å²) in [6.45, 7) is 0. The van der Waals surface area contributed by atoms with Gasteiger partial charge in [0.25, 0.3) is 0 Å². The van der Waals surface area contributed by atoms with Gasteiger partial charge in [-0.3, -0.25) is 0 Å². The van der Waals surface area contributed by atoms with Gasteiger partial charge < -0.3 is 0 Å². The summed E-state index contributed by atoms with van der Waals surface area (Å²) in [5, 5.41) is 0. The van der Waals surface area contributed by atoms with Crippen molar-refractivity contribution in [3.8, 4) is 0 Å². The van der Waals surface area contributed by atoms with Crippen molar-refractivity contribution in [2.75, 3.05) is 0 Å².